The minimum absolute atomic E-state index is 0. The molecule has 0 spiro atoms. The van der Waals surface area contributed by atoms with Crippen molar-refractivity contribution in [3.8, 4) is 0 Å². The normalized spacial score (nSPS) is 14.5. The third-order valence-electron chi connectivity index (χ3n) is 9.03. The lowest BCUT2D eigenvalue weighted by Crippen LogP contribution is -2.57. The van der Waals surface area contributed by atoms with E-state index in [1.165, 1.54) is 0 Å². The molecular weight excluding hydrogens is 1020 g/mol. The summed E-state index contributed by atoms with van der Waals surface area (Å²) in [5, 5.41) is 22.1. The van der Waals surface area contributed by atoms with Crippen LogP contribution in [0.4, 0.5) is 30.7 Å². The first kappa shape index (κ1) is 60.7. The number of primary amides is 1. The van der Waals surface area contributed by atoms with Crippen LogP contribution in [0.1, 0.15) is 51.0 Å². The van der Waals surface area contributed by atoms with Gasteiger partial charge in [-0.3, -0.25) is 33.1 Å². The zero-order valence-electron chi connectivity index (χ0n) is 33.7. The summed E-state index contributed by atoms with van der Waals surface area (Å²) in [6, 6.07) is 3.34. The van der Waals surface area contributed by atoms with E-state index in [0.717, 1.165) is 42.5 Å². The van der Waals surface area contributed by atoms with E-state index in [1.54, 1.807) is 0 Å². The standard InChI is InChI=1S/C34H32BrF7N6O12P2.4H3N/c35-22-14-18(13-21(15-22)31(47-48-31)34(40,41)42)28(52)44-23(9-10-26(49)50)29(53)46-25(12-17-3-7-20(8-4-17)33(38,39)62(58,59)60)30(54)45-24(27(43)51)11-16-1-5-19(6-2-16)32(36,37)61(55,56)57;;;;/h1-8,13-15,23-25H,9-12H2,(H2,43,51)(H,44,52)(H,45,54)(H,46,53)(H,49,50)(H2,55,56,57)(H2,58,59,60);4*1H3/t23-,24-,25-;;;;/m0..../s1. The molecule has 4 amide bonds. The topological polar surface area (TPSA) is 447 Å². The van der Waals surface area contributed by atoms with Crippen LogP contribution in [0.25, 0.3) is 0 Å². The van der Waals surface area contributed by atoms with E-state index in [4.69, 9.17) is 25.3 Å². The lowest BCUT2D eigenvalue weighted by atomic mass is 9.99. The molecule has 3 aromatic carbocycles. The van der Waals surface area contributed by atoms with Gasteiger partial charge in [0.25, 0.3) is 5.91 Å². The van der Waals surface area contributed by atoms with E-state index >= 15 is 0 Å². The highest BCUT2D eigenvalue weighted by molar-refractivity contribution is 9.10. The summed E-state index contributed by atoms with van der Waals surface area (Å²) in [5.41, 5.74) is -10.2. The van der Waals surface area contributed by atoms with Crippen LogP contribution in [-0.4, -0.2) is 78.6 Å². The highest BCUT2D eigenvalue weighted by Gasteiger charge is 2.65. The number of hydrogen-bond donors (Lipinski definition) is 13. The molecule has 0 bridgehead atoms. The summed E-state index contributed by atoms with van der Waals surface area (Å²) in [6.07, 6.45) is -7.76. The van der Waals surface area contributed by atoms with Gasteiger partial charge in [-0.15, -0.1) is 10.2 Å². The number of nitrogens with zero attached hydrogens (tertiary/aromatic N) is 2. The Labute approximate surface area is 376 Å². The van der Waals surface area contributed by atoms with Crippen LogP contribution < -0.4 is 46.3 Å². The number of alkyl halides is 7. The van der Waals surface area contributed by atoms with Crippen LogP contribution >= 0.6 is 31.1 Å². The fraction of sp³-hybridized carbons (Fsp3) is 0.324. The van der Waals surface area contributed by atoms with Crippen molar-refractivity contribution in [1.82, 2.24) is 40.6 Å². The fourth-order valence-corrected chi connectivity index (χ4v) is 7.07. The molecule has 4 rings (SSSR count). The maximum Gasteiger partial charge on any atom is 0.442 e. The summed E-state index contributed by atoms with van der Waals surface area (Å²) in [6.45, 7) is 0. The van der Waals surface area contributed by atoms with E-state index in [9.17, 15) is 68.9 Å². The Morgan fingerprint density at radius 1 is 0.667 bits per heavy atom. The average Bonchev–Trinajstić information content (AvgIpc) is 3.98. The number of carboxylic acids is 1. The summed E-state index contributed by atoms with van der Waals surface area (Å²) in [5.74, 6) is -6.55. The molecule has 22 N–H and O–H groups in total. The zero-order chi connectivity index (χ0) is 46.8. The maximum atomic E-state index is 14.4. The second kappa shape index (κ2) is 22.5. The van der Waals surface area contributed by atoms with Crippen LogP contribution in [0.15, 0.2) is 81.4 Å². The van der Waals surface area contributed by atoms with Gasteiger partial charge < -0.3 is 71.0 Å². The SMILES string of the molecule is N.N.N.N.NC(=O)[C@H](Cc1ccc(C(F)(F)P(=O)(O)O)cc1)NC(=O)[C@H](Cc1ccc(C(F)(F)P(=O)(O)O)cc1)NC(=O)[C@H](CCC(=O)O)NC(=O)c1cc(Br)cc(C2(C(F)(F)F)N=N2)c1. The Bertz CT molecular complexity index is 2370. The number of carbonyl (C=O) groups excluding carboxylic acids is 4. The number of rotatable bonds is 19. The number of aliphatic carboxylic acids is 1. The van der Waals surface area contributed by atoms with E-state index in [2.05, 4.69) is 42.1 Å². The monoisotopic (exact) mass is 1060 g/mol. The third kappa shape index (κ3) is 14.1. The van der Waals surface area contributed by atoms with Gasteiger partial charge >= 0.3 is 44.3 Å². The highest BCUT2D eigenvalue weighted by atomic mass is 79.9. The van der Waals surface area contributed by atoms with Crippen molar-refractivity contribution in [2.75, 3.05) is 0 Å². The average molecular weight is 1060 g/mol. The lowest BCUT2D eigenvalue weighted by Gasteiger charge is -2.25. The molecule has 0 aliphatic carbocycles. The minimum Gasteiger partial charge on any atom is -0.481 e. The van der Waals surface area contributed by atoms with Gasteiger partial charge in [-0.1, -0.05) is 64.5 Å². The number of halogens is 8. The van der Waals surface area contributed by atoms with Crippen molar-refractivity contribution in [1.29, 1.82) is 0 Å². The maximum absolute atomic E-state index is 14.4. The number of hydrogen-bond acceptors (Lipinski definition) is 13. The van der Waals surface area contributed by atoms with Crippen LogP contribution in [0.2, 0.25) is 0 Å². The zero-order valence-corrected chi connectivity index (χ0v) is 37.1. The van der Waals surface area contributed by atoms with Gasteiger partial charge in [-0.05, 0) is 35.7 Å². The van der Waals surface area contributed by atoms with E-state index in [-0.39, 0.29) is 40.2 Å². The quantitative estimate of drug-likeness (QED) is 0.0574. The summed E-state index contributed by atoms with van der Waals surface area (Å²) in [4.78, 5) is 101. The number of carboxylic acid groups (broad SMARTS) is 1. The van der Waals surface area contributed by atoms with Crippen LogP contribution in [0.3, 0.4) is 0 Å². The molecule has 0 aromatic heterocycles. The molecule has 0 unspecified atom stereocenters. The van der Waals surface area contributed by atoms with Gasteiger partial charge in [0.15, 0.2) is 0 Å². The summed E-state index contributed by atoms with van der Waals surface area (Å²) < 4.78 is 121. The molecule has 3 aromatic rings. The van der Waals surface area contributed by atoms with Gasteiger partial charge in [-0.25, -0.2) is 0 Å². The second-order valence-electron chi connectivity index (χ2n) is 13.6. The van der Waals surface area contributed by atoms with E-state index < -0.39 is 134 Å². The van der Waals surface area contributed by atoms with Gasteiger partial charge in [0.05, 0.1) is 0 Å². The number of amides is 4. The first-order valence-corrected chi connectivity index (χ1v) is 21.2. The Morgan fingerprint density at radius 2 is 1.08 bits per heavy atom. The van der Waals surface area contributed by atoms with Gasteiger partial charge in [0.1, 0.15) is 18.1 Å². The predicted octanol–water partition coefficient (Wildman–Crippen LogP) is 4.64. The van der Waals surface area contributed by atoms with E-state index in [1.807, 2.05) is 0 Å². The predicted molar refractivity (Wildman–Crippen MR) is 220 cm³/mol. The molecule has 1 heterocycles. The van der Waals surface area contributed by atoms with Crippen molar-refractivity contribution in [2.24, 2.45) is 16.0 Å². The molecule has 22 nitrogen and oxygen atoms in total. The van der Waals surface area contributed by atoms with Crippen molar-refractivity contribution in [3.63, 3.8) is 0 Å². The number of carbonyl (C=O) groups is 5. The second-order valence-corrected chi connectivity index (χ2v) is 17.8. The van der Waals surface area contributed by atoms with Gasteiger partial charge in [0.2, 0.25) is 17.7 Å². The van der Waals surface area contributed by atoms with Crippen molar-refractivity contribution >= 4 is 60.7 Å². The molecule has 32 heteroatoms. The molecule has 3 atom stereocenters. The minimum atomic E-state index is -6.03. The molecule has 0 radical (unpaired) electrons. The number of nitrogens with one attached hydrogen (secondary N) is 3. The summed E-state index contributed by atoms with van der Waals surface area (Å²) in [7, 11) is -12.0. The largest absolute Gasteiger partial charge is 0.481 e. The van der Waals surface area contributed by atoms with Crippen molar-refractivity contribution < 1.29 is 88.5 Å². The molecular formula is C34H44BrF7N10O12P2. The Morgan fingerprint density at radius 3 is 1.45 bits per heavy atom. The highest BCUT2D eigenvalue weighted by Crippen LogP contribution is 2.60. The Hall–Kier alpha value is -5.26. The lowest BCUT2D eigenvalue weighted by molar-refractivity contribution is -0.166. The molecule has 1 aliphatic heterocycles. The molecule has 0 saturated carbocycles. The molecule has 368 valence electrons. The number of benzene rings is 3. The van der Waals surface area contributed by atoms with Gasteiger partial charge in [-0.2, -0.15) is 30.7 Å². The Balaban J connectivity index is 0.0000106. The molecule has 1 aliphatic rings. The van der Waals surface area contributed by atoms with Gasteiger partial charge in [0, 0.05) is 46.0 Å². The van der Waals surface area contributed by atoms with Crippen molar-refractivity contribution in [3.05, 3.63) is 105 Å². The first-order valence-electron chi connectivity index (χ1n) is 17.2. The van der Waals surface area contributed by atoms with Crippen molar-refractivity contribution in [2.45, 2.75) is 67.0 Å². The smallest absolute Gasteiger partial charge is 0.442 e. The number of nitrogens with two attached hydrogens (primary N) is 1. The third-order valence-corrected chi connectivity index (χ3v) is 11.5. The van der Waals surface area contributed by atoms with E-state index in [0.29, 0.717) is 24.3 Å². The summed E-state index contributed by atoms with van der Waals surface area (Å²) >= 11 is 2.98. The van der Waals surface area contributed by atoms with Crippen LogP contribution in [-0.2, 0) is 58.1 Å². The molecule has 0 fully saturated rings. The fourth-order valence-electron chi connectivity index (χ4n) is 5.61. The van der Waals surface area contributed by atoms with Crippen LogP contribution in [0.5, 0.6) is 0 Å². The Kier molecular flexibility index (Phi) is 20.7. The molecule has 66 heavy (non-hydrogen) atoms. The molecule has 0 saturated heterocycles. The van der Waals surface area contributed by atoms with Crippen LogP contribution in [0, 0.1) is 0 Å². The first-order chi connectivity index (χ1) is 28.4.